The first-order valence-electron chi connectivity index (χ1n) is 9.36. The van der Waals surface area contributed by atoms with Gasteiger partial charge in [0.05, 0.1) is 5.69 Å². The third-order valence-electron chi connectivity index (χ3n) is 4.36. The Balaban J connectivity index is 1.51. The second-order valence-electron chi connectivity index (χ2n) is 6.93. The average molecular weight is 379 g/mol. The molecule has 0 fully saturated rings. The van der Waals surface area contributed by atoms with E-state index in [1.807, 2.05) is 67.0 Å². The molecule has 7 heteroatoms. The van der Waals surface area contributed by atoms with Crippen LogP contribution in [0.2, 0.25) is 0 Å². The van der Waals surface area contributed by atoms with Crippen molar-refractivity contribution in [2.75, 3.05) is 11.9 Å². The van der Waals surface area contributed by atoms with Crippen molar-refractivity contribution in [3.05, 3.63) is 66.6 Å². The van der Waals surface area contributed by atoms with Gasteiger partial charge in [-0.1, -0.05) is 38.1 Å². The van der Waals surface area contributed by atoms with E-state index >= 15 is 0 Å². The Hall–Kier alpha value is -3.35. The summed E-state index contributed by atoms with van der Waals surface area (Å²) < 4.78 is 1.95. The Morgan fingerprint density at radius 3 is 2.54 bits per heavy atom. The number of para-hydroxylation sites is 1. The van der Waals surface area contributed by atoms with Gasteiger partial charge in [-0.05, 0) is 30.2 Å². The van der Waals surface area contributed by atoms with Crippen LogP contribution in [-0.2, 0) is 11.2 Å². The predicted octanol–water partition coefficient (Wildman–Crippen LogP) is 2.84. The third-order valence-corrected chi connectivity index (χ3v) is 4.36. The maximum absolute atomic E-state index is 12.6. The number of amides is 3. The fourth-order valence-corrected chi connectivity index (χ4v) is 2.90. The van der Waals surface area contributed by atoms with Crippen LogP contribution in [0.4, 0.5) is 10.5 Å². The summed E-state index contributed by atoms with van der Waals surface area (Å²) in [6.45, 7) is 4.25. The van der Waals surface area contributed by atoms with Gasteiger partial charge in [0.1, 0.15) is 11.7 Å². The number of carbonyl (C=O) groups excluding carboxylic acids is 2. The van der Waals surface area contributed by atoms with Crippen LogP contribution in [0.3, 0.4) is 0 Å². The summed E-state index contributed by atoms with van der Waals surface area (Å²) in [4.78, 5) is 29.3. The summed E-state index contributed by atoms with van der Waals surface area (Å²) in [5, 5.41) is 8.38. The lowest BCUT2D eigenvalue weighted by molar-refractivity contribution is -0.123. The van der Waals surface area contributed by atoms with Crippen LogP contribution in [0.5, 0.6) is 0 Å². The van der Waals surface area contributed by atoms with E-state index in [4.69, 9.17) is 0 Å². The number of imidazole rings is 1. The van der Waals surface area contributed by atoms with Crippen molar-refractivity contribution in [2.45, 2.75) is 26.3 Å². The number of anilines is 1. The SMILES string of the molecule is CC(C)C(NC(=O)Nc1ccccc1)C(=O)NCCc1cn2ccccc2n1. The van der Waals surface area contributed by atoms with Crippen LogP contribution in [-0.4, -0.2) is 33.9 Å². The molecule has 7 nitrogen and oxygen atoms in total. The molecule has 0 saturated heterocycles. The summed E-state index contributed by atoms with van der Waals surface area (Å²) >= 11 is 0. The molecule has 1 aromatic carbocycles. The van der Waals surface area contributed by atoms with Gasteiger partial charge >= 0.3 is 6.03 Å². The average Bonchev–Trinajstić information content (AvgIpc) is 3.09. The first-order chi connectivity index (χ1) is 13.5. The standard InChI is InChI=1S/C21H25N5O2/c1-15(2)19(25-21(28)24-16-8-4-3-5-9-16)20(27)22-12-11-17-14-26-13-7-6-10-18(26)23-17/h3-10,13-15,19H,11-12H2,1-2H3,(H,22,27)(H2,24,25,28). The summed E-state index contributed by atoms with van der Waals surface area (Å²) in [5.74, 6) is -0.251. The lowest BCUT2D eigenvalue weighted by Crippen LogP contribution is -2.51. The fourth-order valence-electron chi connectivity index (χ4n) is 2.90. The maximum Gasteiger partial charge on any atom is 0.319 e. The molecular weight excluding hydrogens is 354 g/mol. The number of nitrogens with one attached hydrogen (secondary N) is 3. The molecule has 0 aliphatic heterocycles. The van der Waals surface area contributed by atoms with E-state index in [1.54, 1.807) is 12.1 Å². The van der Waals surface area contributed by atoms with Crippen molar-refractivity contribution in [3.8, 4) is 0 Å². The number of pyridine rings is 1. The van der Waals surface area contributed by atoms with Crippen LogP contribution >= 0.6 is 0 Å². The highest BCUT2D eigenvalue weighted by Gasteiger charge is 2.24. The molecular formula is C21H25N5O2. The predicted molar refractivity (Wildman–Crippen MR) is 109 cm³/mol. The number of carbonyl (C=O) groups is 2. The van der Waals surface area contributed by atoms with E-state index < -0.39 is 12.1 Å². The van der Waals surface area contributed by atoms with Crippen molar-refractivity contribution in [1.29, 1.82) is 0 Å². The Labute approximate surface area is 164 Å². The molecule has 0 saturated carbocycles. The minimum atomic E-state index is -0.621. The molecule has 1 atom stereocenters. The van der Waals surface area contributed by atoms with Gasteiger partial charge in [-0.25, -0.2) is 9.78 Å². The number of hydrogen-bond donors (Lipinski definition) is 3. The Kier molecular flexibility index (Phi) is 6.26. The van der Waals surface area contributed by atoms with Crippen LogP contribution in [0.15, 0.2) is 60.9 Å². The van der Waals surface area contributed by atoms with Crippen molar-refractivity contribution in [2.24, 2.45) is 5.92 Å². The normalized spacial score (nSPS) is 12.0. The van der Waals surface area contributed by atoms with Crippen molar-refractivity contribution in [1.82, 2.24) is 20.0 Å². The molecule has 0 aliphatic rings. The molecule has 2 heterocycles. The molecule has 3 N–H and O–H groups in total. The maximum atomic E-state index is 12.6. The zero-order valence-electron chi connectivity index (χ0n) is 16.1. The van der Waals surface area contributed by atoms with Gasteiger partial charge in [-0.3, -0.25) is 4.79 Å². The quantitative estimate of drug-likeness (QED) is 0.590. The highest BCUT2D eigenvalue weighted by Crippen LogP contribution is 2.07. The lowest BCUT2D eigenvalue weighted by Gasteiger charge is -2.22. The van der Waals surface area contributed by atoms with Crippen LogP contribution in [0.1, 0.15) is 19.5 Å². The number of aromatic nitrogens is 2. The highest BCUT2D eigenvalue weighted by atomic mass is 16.2. The Morgan fingerprint density at radius 2 is 1.82 bits per heavy atom. The molecule has 3 aromatic rings. The van der Waals surface area contributed by atoms with E-state index in [-0.39, 0.29) is 11.8 Å². The second-order valence-corrected chi connectivity index (χ2v) is 6.93. The van der Waals surface area contributed by atoms with E-state index in [1.165, 1.54) is 0 Å². The van der Waals surface area contributed by atoms with Gasteiger partial charge in [0.15, 0.2) is 0 Å². The molecule has 0 bridgehead atoms. The Bertz CT molecular complexity index is 903. The molecule has 2 aromatic heterocycles. The molecule has 0 radical (unpaired) electrons. The molecule has 3 amide bonds. The van der Waals surface area contributed by atoms with E-state index in [0.29, 0.717) is 18.7 Å². The summed E-state index contributed by atoms with van der Waals surface area (Å²) in [5.41, 5.74) is 2.46. The van der Waals surface area contributed by atoms with Gasteiger partial charge in [-0.15, -0.1) is 0 Å². The molecule has 3 rings (SSSR count). The first-order valence-corrected chi connectivity index (χ1v) is 9.36. The van der Waals surface area contributed by atoms with E-state index in [9.17, 15) is 9.59 Å². The molecule has 0 spiro atoms. The topological polar surface area (TPSA) is 87.5 Å². The number of fused-ring (bicyclic) bond motifs is 1. The number of benzene rings is 1. The van der Waals surface area contributed by atoms with Crippen LogP contribution in [0, 0.1) is 5.92 Å². The van der Waals surface area contributed by atoms with Crippen molar-refractivity contribution >= 4 is 23.3 Å². The molecule has 146 valence electrons. The Morgan fingerprint density at radius 1 is 1.07 bits per heavy atom. The van der Waals surface area contributed by atoms with Gasteiger partial charge in [0.25, 0.3) is 0 Å². The molecule has 1 unspecified atom stereocenters. The largest absolute Gasteiger partial charge is 0.354 e. The smallest absolute Gasteiger partial charge is 0.319 e. The number of rotatable bonds is 7. The summed E-state index contributed by atoms with van der Waals surface area (Å²) in [6, 6.07) is 13.9. The second kappa shape index (κ2) is 9.03. The van der Waals surface area contributed by atoms with Gasteiger partial charge in [-0.2, -0.15) is 0 Å². The third kappa shape index (κ3) is 5.09. The van der Waals surface area contributed by atoms with Crippen molar-refractivity contribution in [3.63, 3.8) is 0 Å². The monoisotopic (exact) mass is 379 g/mol. The zero-order chi connectivity index (χ0) is 19.9. The minimum absolute atomic E-state index is 0.0447. The number of urea groups is 1. The van der Waals surface area contributed by atoms with Gasteiger partial charge < -0.3 is 20.4 Å². The molecule has 28 heavy (non-hydrogen) atoms. The van der Waals surface area contributed by atoms with Crippen LogP contribution in [0.25, 0.3) is 5.65 Å². The first kappa shape index (κ1) is 19.4. The van der Waals surface area contributed by atoms with Crippen LogP contribution < -0.4 is 16.0 Å². The highest BCUT2D eigenvalue weighted by molar-refractivity contribution is 5.93. The van der Waals surface area contributed by atoms with E-state index in [0.717, 1.165) is 11.3 Å². The zero-order valence-corrected chi connectivity index (χ0v) is 16.1. The molecule has 0 aliphatic carbocycles. The number of nitrogens with zero attached hydrogens (tertiary/aromatic N) is 2. The number of hydrogen-bond acceptors (Lipinski definition) is 3. The lowest BCUT2D eigenvalue weighted by atomic mass is 10.0. The fraction of sp³-hybridized carbons (Fsp3) is 0.286. The minimum Gasteiger partial charge on any atom is -0.354 e. The van der Waals surface area contributed by atoms with E-state index in [2.05, 4.69) is 20.9 Å². The summed E-state index contributed by atoms with van der Waals surface area (Å²) in [6.07, 6.45) is 4.51. The van der Waals surface area contributed by atoms with Crippen molar-refractivity contribution < 1.29 is 9.59 Å². The summed E-state index contributed by atoms with van der Waals surface area (Å²) in [7, 11) is 0. The van der Waals surface area contributed by atoms with Gasteiger partial charge in [0, 0.05) is 31.0 Å². The van der Waals surface area contributed by atoms with Gasteiger partial charge in [0.2, 0.25) is 5.91 Å².